The van der Waals surface area contributed by atoms with Crippen molar-refractivity contribution in [1.29, 1.82) is 0 Å². The highest BCUT2D eigenvalue weighted by molar-refractivity contribution is 5.35. The number of aryl methyl sites for hydroxylation is 2. The highest BCUT2D eigenvalue weighted by atomic mass is 19.1. The lowest BCUT2D eigenvalue weighted by Gasteiger charge is -2.31. The average molecular weight is 293 g/mol. The molecule has 1 fully saturated rings. The lowest BCUT2D eigenvalue weighted by molar-refractivity contribution is 0.0474. The summed E-state index contributed by atoms with van der Waals surface area (Å²) in [6, 6.07) is 3.71. The van der Waals surface area contributed by atoms with Crippen LogP contribution in [-0.4, -0.2) is 18.8 Å². The molecule has 1 aliphatic rings. The molecule has 1 N–H and O–H groups in total. The minimum Gasteiger partial charge on any atom is -0.375 e. The molecule has 21 heavy (non-hydrogen) atoms. The van der Waals surface area contributed by atoms with Gasteiger partial charge in [-0.1, -0.05) is 19.9 Å². The molecule has 1 aromatic carbocycles. The lowest BCUT2D eigenvalue weighted by Crippen LogP contribution is -2.36. The summed E-state index contributed by atoms with van der Waals surface area (Å²) in [6.07, 6.45) is 0.360. The third kappa shape index (κ3) is 3.14. The van der Waals surface area contributed by atoms with Gasteiger partial charge in [0.15, 0.2) is 0 Å². The van der Waals surface area contributed by atoms with Crippen LogP contribution in [0.5, 0.6) is 0 Å². The molecule has 0 amide bonds. The molecule has 1 heterocycles. The van der Waals surface area contributed by atoms with Crippen LogP contribution in [0.2, 0.25) is 0 Å². The molecular formula is C18H28FNO. The summed E-state index contributed by atoms with van der Waals surface area (Å²) in [5, 5.41) is 3.50. The fourth-order valence-electron chi connectivity index (χ4n) is 3.84. The molecule has 1 aromatic rings. The largest absolute Gasteiger partial charge is 0.375 e. The van der Waals surface area contributed by atoms with Crippen LogP contribution in [0.1, 0.15) is 50.4 Å². The molecule has 0 radical (unpaired) electrons. The Kier molecular flexibility index (Phi) is 5.05. The number of nitrogens with one attached hydrogen (secondary N) is 1. The smallest absolute Gasteiger partial charge is 0.128 e. The summed E-state index contributed by atoms with van der Waals surface area (Å²) in [5.74, 6) is 0.595. The van der Waals surface area contributed by atoms with Crippen molar-refractivity contribution >= 4 is 0 Å². The second-order valence-corrected chi connectivity index (χ2v) is 6.50. The van der Waals surface area contributed by atoms with E-state index in [1.165, 1.54) is 0 Å². The molecule has 0 bridgehead atoms. The lowest BCUT2D eigenvalue weighted by atomic mass is 9.79. The van der Waals surface area contributed by atoms with Gasteiger partial charge >= 0.3 is 0 Å². The Labute approximate surface area is 128 Å². The first kappa shape index (κ1) is 16.4. The monoisotopic (exact) mass is 293 g/mol. The van der Waals surface area contributed by atoms with Gasteiger partial charge in [-0.25, -0.2) is 4.39 Å². The van der Waals surface area contributed by atoms with Gasteiger partial charge in [0.05, 0.1) is 12.2 Å². The number of hydrogen-bond donors (Lipinski definition) is 1. The van der Waals surface area contributed by atoms with E-state index in [0.717, 1.165) is 23.2 Å². The molecule has 2 nitrogen and oxygen atoms in total. The van der Waals surface area contributed by atoms with Gasteiger partial charge in [-0.2, -0.15) is 0 Å². The van der Waals surface area contributed by atoms with Crippen LogP contribution in [0, 0.1) is 31.5 Å². The minimum absolute atomic E-state index is 0.00514. The Morgan fingerprint density at radius 1 is 1.19 bits per heavy atom. The standard InChI is InChI=1S/C18H28FNO/c1-7-20-18(17-12(4)13(5)21-14(17)6)16-11(3)8-10(2)9-15(16)19/h8-9,12-14,17-18,20H,7H2,1-6H3. The normalized spacial score (nSPS) is 30.6. The van der Waals surface area contributed by atoms with Crippen LogP contribution < -0.4 is 5.32 Å². The van der Waals surface area contributed by atoms with Crippen molar-refractivity contribution in [3.05, 3.63) is 34.6 Å². The van der Waals surface area contributed by atoms with Gasteiger partial charge in [0, 0.05) is 17.5 Å². The zero-order valence-corrected chi connectivity index (χ0v) is 14.0. The number of hydrogen-bond acceptors (Lipinski definition) is 2. The minimum atomic E-state index is -0.0996. The first-order valence-electron chi connectivity index (χ1n) is 8.02. The molecule has 3 heteroatoms. The molecule has 5 atom stereocenters. The molecule has 5 unspecified atom stereocenters. The van der Waals surface area contributed by atoms with E-state index in [-0.39, 0.29) is 30.0 Å². The van der Waals surface area contributed by atoms with Crippen molar-refractivity contribution in [2.24, 2.45) is 11.8 Å². The van der Waals surface area contributed by atoms with Gasteiger partial charge in [-0.05, 0) is 57.4 Å². The third-order valence-electron chi connectivity index (χ3n) is 4.92. The quantitative estimate of drug-likeness (QED) is 0.900. The summed E-state index contributed by atoms with van der Waals surface area (Å²) in [5.41, 5.74) is 2.81. The van der Waals surface area contributed by atoms with Gasteiger partial charge in [0.2, 0.25) is 0 Å². The summed E-state index contributed by atoms with van der Waals surface area (Å²) in [6.45, 7) is 13.3. The van der Waals surface area contributed by atoms with Gasteiger partial charge in [-0.15, -0.1) is 0 Å². The van der Waals surface area contributed by atoms with E-state index in [2.05, 4.69) is 39.1 Å². The summed E-state index contributed by atoms with van der Waals surface area (Å²) >= 11 is 0. The Hall–Kier alpha value is -0.930. The van der Waals surface area contributed by atoms with Crippen LogP contribution in [0.15, 0.2) is 12.1 Å². The van der Waals surface area contributed by atoms with E-state index in [1.807, 2.05) is 13.8 Å². The van der Waals surface area contributed by atoms with Crippen LogP contribution in [0.4, 0.5) is 4.39 Å². The second-order valence-electron chi connectivity index (χ2n) is 6.50. The molecule has 0 saturated carbocycles. The Balaban J connectivity index is 2.45. The van der Waals surface area contributed by atoms with Crippen LogP contribution in [-0.2, 0) is 4.74 Å². The van der Waals surface area contributed by atoms with Crippen molar-refractivity contribution in [2.45, 2.75) is 59.8 Å². The maximum absolute atomic E-state index is 14.6. The number of ether oxygens (including phenoxy) is 1. The topological polar surface area (TPSA) is 21.3 Å². The van der Waals surface area contributed by atoms with Crippen molar-refractivity contribution in [3.8, 4) is 0 Å². The molecule has 0 aliphatic carbocycles. The summed E-state index contributed by atoms with van der Waals surface area (Å²) in [4.78, 5) is 0. The first-order chi connectivity index (χ1) is 9.86. The van der Waals surface area contributed by atoms with Gasteiger partial charge in [0.1, 0.15) is 5.82 Å². The highest BCUT2D eigenvalue weighted by Gasteiger charge is 2.43. The second kappa shape index (κ2) is 6.45. The van der Waals surface area contributed by atoms with Crippen molar-refractivity contribution < 1.29 is 9.13 Å². The van der Waals surface area contributed by atoms with E-state index < -0.39 is 0 Å². The maximum atomic E-state index is 14.6. The molecule has 0 spiro atoms. The van der Waals surface area contributed by atoms with E-state index in [9.17, 15) is 4.39 Å². The van der Waals surface area contributed by atoms with Gasteiger partial charge in [0.25, 0.3) is 0 Å². The van der Waals surface area contributed by atoms with Crippen molar-refractivity contribution in [2.75, 3.05) is 6.54 Å². The number of rotatable bonds is 4. The molecule has 1 saturated heterocycles. The van der Waals surface area contributed by atoms with E-state index in [1.54, 1.807) is 6.07 Å². The Bertz CT molecular complexity index is 479. The molecular weight excluding hydrogens is 265 g/mol. The highest BCUT2D eigenvalue weighted by Crippen LogP contribution is 2.42. The van der Waals surface area contributed by atoms with Crippen LogP contribution in [0.3, 0.4) is 0 Å². The Morgan fingerprint density at radius 3 is 2.33 bits per heavy atom. The molecule has 0 aromatic heterocycles. The van der Waals surface area contributed by atoms with E-state index in [4.69, 9.17) is 4.74 Å². The van der Waals surface area contributed by atoms with E-state index >= 15 is 0 Å². The number of benzene rings is 1. The maximum Gasteiger partial charge on any atom is 0.128 e. The van der Waals surface area contributed by atoms with Gasteiger partial charge in [-0.3, -0.25) is 0 Å². The SMILES string of the molecule is CCNC(c1c(C)cc(C)cc1F)C1C(C)OC(C)C1C. The Morgan fingerprint density at radius 2 is 1.86 bits per heavy atom. The molecule has 118 valence electrons. The summed E-state index contributed by atoms with van der Waals surface area (Å²) in [7, 11) is 0. The van der Waals surface area contributed by atoms with Crippen molar-refractivity contribution in [3.63, 3.8) is 0 Å². The van der Waals surface area contributed by atoms with Crippen molar-refractivity contribution in [1.82, 2.24) is 5.32 Å². The average Bonchev–Trinajstić information content (AvgIpc) is 2.61. The first-order valence-corrected chi connectivity index (χ1v) is 8.02. The zero-order valence-electron chi connectivity index (χ0n) is 14.0. The van der Waals surface area contributed by atoms with E-state index in [0.29, 0.717) is 5.92 Å². The van der Waals surface area contributed by atoms with Gasteiger partial charge < -0.3 is 10.1 Å². The third-order valence-corrected chi connectivity index (χ3v) is 4.92. The molecule has 2 rings (SSSR count). The number of halogens is 1. The van der Waals surface area contributed by atoms with Crippen LogP contribution >= 0.6 is 0 Å². The fourth-order valence-corrected chi connectivity index (χ4v) is 3.84. The van der Waals surface area contributed by atoms with Crippen LogP contribution in [0.25, 0.3) is 0 Å². The predicted molar refractivity (Wildman–Crippen MR) is 85.0 cm³/mol. The summed E-state index contributed by atoms with van der Waals surface area (Å²) < 4.78 is 20.6. The zero-order chi connectivity index (χ0) is 15.7. The fraction of sp³-hybridized carbons (Fsp3) is 0.667. The predicted octanol–water partition coefficient (Wildman–Crippen LogP) is 4.15. The molecule has 1 aliphatic heterocycles.